The Hall–Kier alpha value is -2.58. The summed E-state index contributed by atoms with van der Waals surface area (Å²) in [5, 5.41) is 6.12. The second kappa shape index (κ2) is 8.88. The molecular formula is C19H21F2N4OS+. The van der Waals surface area contributed by atoms with Crippen molar-refractivity contribution in [1.29, 1.82) is 0 Å². The Kier molecular flexibility index (Phi) is 6.31. The normalized spacial score (nSPS) is 14.7. The van der Waals surface area contributed by atoms with Gasteiger partial charge in [0.2, 0.25) is 0 Å². The summed E-state index contributed by atoms with van der Waals surface area (Å²) in [6.45, 7) is 3.11. The van der Waals surface area contributed by atoms with Gasteiger partial charge in [-0.25, -0.2) is 8.78 Å². The predicted molar refractivity (Wildman–Crippen MR) is 105 cm³/mol. The molecule has 27 heavy (non-hydrogen) atoms. The third-order valence-electron chi connectivity index (χ3n) is 4.39. The Bertz CT molecular complexity index is 825. The summed E-state index contributed by atoms with van der Waals surface area (Å²) in [6.07, 6.45) is 0. The lowest BCUT2D eigenvalue weighted by Gasteiger charge is -2.33. The SMILES string of the molecule is O=C(C[NH+]1CCN(C(=S)Nc2ccccc2F)CC1)Nc1cccc(F)c1. The first-order valence-corrected chi connectivity index (χ1v) is 9.11. The van der Waals surface area contributed by atoms with Crippen molar-refractivity contribution in [3.63, 3.8) is 0 Å². The lowest BCUT2D eigenvalue weighted by atomic mass is 10.3. The topological polar surface area (TPSA) is 48.8 Å². The summed E-state index contributed by atoms with van der Waals surface area (Å²) >= 11 is 5.37. The van der Waals surface area contributed by atoms with Crippen LogP contribution in [-0.4, -0.2) is 48.6 Å². The Balaban J connectivity index is 1.45. The number of nitrogens with one attached hydrogen (secondary N) is 3. The molecule has 142 valence electrons. The fraction of sp³-hybridized carbons (Fsp3) is 0.263. The van der Waals surface area contributed by atoms with Crippen LogP contribution in [0.25, 0.3) is 0 Å². The Morgan fingerprint density at radius 2 is 1.81 bits per heavy atom. The number of thiocarbonyl (C=S) groups is 1. The summed E-state index contributed by atoms with van der Waals surface area (Å²) in [7, 11) is 0. The molecule has 1 heterocycles. The van der Waals surface area contributed by atoms with Gasteiger partial charge in [0.1, 0.15) is 11.6 Å². The number of amides is 1. The van der Waals surface area contributed by atoms with Crippen LogP contribution < -0.4 is 15.5 Å². The van der Waals surface area contributed by atoms with Gasteiger partial charge in [0, 0.05) is 5.69 Å². The van der Waals surface area contributed by atoms with Crippen LogP contribution in [0.3, 0.4) is 0 Å². The van der Waals surface area contributed by atoms with E-state index in [1.165, 1.54) is 18.2 Å². The number of nitrogens with zero attached hydrogens (tertiary/aromatic N) is 1. The minimum atomic E-state index is -0.385. The molecule has 8 heteroatoms. The minimum Gasteiger partial charge on any atom is -0.338 e. The number of piperazine rings is 1. The molecule has 1 fully saturated rings. The van der Waals surface area contributed by atoms with E-state index in [4.69, 9.17) is 12.2 Å². The van der Waals surface area contributed by atoms with Gasteiger partial charge in [0.05, 0.1) is 31.9 Å². The maximum absolute atomic E-state index is 13.7. The van der Waals surface area contributed by atoms with E-state index in [0.29, 0.717) is 36.1 Å². The van der Waals surface area contributed by atoms with Crippen molar-refractivity contribution in [2.45, 2.75) is 0 Å². The number of hydrogen-bond acceptors (Lipinski definition) is 2. The molecular weight excluding hydrogens is 370 g/mol. The zero-order valence-corrected chi connectivity index (χ0v) is 15.5. The number of para-hydroxylation sites is 1. The lowest BCUT2D eigenvalue weighted by Crippen LogP contribution is -3.15. The third-order valence-corrected chi connectivity index (χ3v) is 4.75. The number of halogens is 2. The van der Waals surface area contributed by atoms with Gasteiger partial charge in [-0.05, 0) is 42.5 Å². The highest BCUT2D eigenvalue weighted by atomic mass is 32.1. The van der Waals surface area contributed by atoms with E-state index < -0.39 is 0 Å². The largest absolute Gasteiger partial charge is 0.338 e. The van der Waals surface area contributed by atoms with E-state index in [9.17, 15) is 13.6 Å². The molecule has 0 radical (unpaired) electrons. The molecule has 0 aromatic heterocycles. The van der Waals surface area contributed by atoms with Crippen LogP contribution in [0.15, 0.2) is 48.5 Å². The van der Waals surface area contributed by atoms with Crippen LogP contribution in [0.1, 0.15) is 0 Å². The van der Waals surface area contributed by atoms with Gasteiger partial charge in [-0.2, -0.15) is 0 Å². The van der Waals surface area contributed by atoms with Crippen molar-refractivity contribution in [3.05, 3.63) is 60.2 Å². The quantitative estimate of drug-likeness (QED) is 0.692. The van der Waals surface area contributed by atoms with E-state index in [0.717, 1.165) is 18.0 Å². The number of anilines is 2. The number of carbonyl (C=O) groups is 1. The molecule has 2 aromatic carbocycles. The summed E-state index contributed by atoms with van der Waals surface area (Å²) in [6, 6.07) is 12.2. The molecule has 3 rings (SSSR count). The van der Waals surface area contributed by atoms with Crippen LogP contribution in [0.2, 0.25) is 0 Å². The maximum atomic E-state index is 13.7. The molecule has 2 aromatic rings. The maximum Gasteiger partial charge on any atom is 0.279 e. The van der Waals surface area contributed by atoms with E-state index >= 15 is 0 Å². The van der Waals surface area contributed by atoms with Gasteiger partial charge in [-0.15, -0.1) is 0 Å². The number of carbonyl (C=O) groups excluding carboxylic acids is 1. The lowest BCUT2D eigenvalue weighted by molar-refractivity contribution is -0.895. The second-order valence-electron chi connectivity index (χ2n) is 6.38. The van der Waals surface area contributed by atoms with Gasteiger partial charge in [-0.3, -0.25) is 4.79 Å². The summed E-state index contributed by atoms with van der Waals surface area (Å²) < 4.78 is 26.9. The van der Waals surface area contributed by atoms with Crippen LogP contribution in [0, 0.1) is 11.6 Å². The average Bonchev–Trinajstić information content (AvgIpc) is 2.64. The smallest absolute Gasteiger partial charge is 0.279 e. The van der Waals surface area contributed by atoms with E-state index in [1.807, 2.05) is 4.90 Å². The number of hydrogen-bond donors (Lipinski definition) is 3. The molecule has 1 aliphatic heterocycles. The molecule has 1 saturated heterocycles. The molecule has 0 saturated carbocycles. The number of rotatable bonds is 4. The van der Waals surface area contributed by atoms with E-state index in [1.54, 1.807) is 30.3 Å². The first-order valence-electron chi connectivity index (χ1n) is 8.71. The molecule has 0 bridgehead atoms. The Labute approximate surface area is 162 Å². The molecule has 5 nitrogen and oxygen atoms in total. The van der Waals surface area contributed by atoms with Gasteiger partial charge in [0.25, 0.3) is 5.91 Å². The minimum absolute atomic E-state index is 0.156. The van der Waals surface area contributed by atoms with Crippen molar-refractivity contribution < 1.29 is 18.5 Å². The van der Waals surface area contributed by atoms with Crippen molar-refractivity contribution in [2.75, 3.05) is 43.4 Å². The van der Waals surface area contributed by atoms with E-state index in [2.05, 4.69) is 10.6 Å². The molecule has 1 amide bonds. The average molecular weight is 391 g/mol. The zero-order chi connectivity index (χ0) is 19.2. The zero-order valence-electron chi connectivity index (χ0n) is 14.7. The van der Waals surface area contributed by atoms with Gasteiger partial charge in [0.15, 0.2) is 11.7 Å². The predicted octanol–water partition coefficient (Wildman–Crippen LogP) is 1.50. The first kappa shape index (κ1) is 19.2. The fourth-order valence-electron chi connectivity index (χ4n) is 2.96. The van der Waals surface area contributed by atoms with Crippen molar-refractivity contribution in [3.8, 4) is 0 Å². The van der Waals surface area contributed by atoms with Gasteiger partial charge in [-0.1, -0.05) is 18.2 Å². The first-order chi connectivity index (χ1) is 13.0. The summed E-state index contributed by atoms with van der Waals surface area (Å²) in [4.78, 5) is 15.2. The Morgan fingerprint density at radius 1 is 1.07 bits per heavy atom. The third kappa shape index (κ3) is 5.45. The number of quaternary nitrogens is 1. The highest BCUT2D eigenvalue weighted by Crippen LogP contribution is 2.13. The van der Waals surface area contributed by atoms with Crippen LogP contribution in [0.4, 0.5) is 20.2 Å². The second-order valence-corrected chi connectivity index (χ2v) is 6.77. The van der Waals surface area contributed by atoms with E-state index in [-0.39, 0.29) is 17.5 Å². The van der Waals surface area contributed by atoms with Crippen LogP contribution in [-0.2, 0) is 4.79 Å². The Morgan fingerprint density at radius 3 is 2.52 bits per heavy atom. The van der Waals surface area contributed by atoms with Crippen molar-refractivity contribution >= 4 is 34.6 Å². The van der Waals surface area contributed by atoms with Gasteiger partial charge >= 0.3 is 0 Å². The number of benzene rings is 2. The molecule has 0 spiro atoms. The monoisotopic (exact) mass is 391 g/mol. The van der Waals surface area contributed by atoms with Crippen LogP contribution >= 0.6 is 12.2 Å². The van der Waals surface area contributed by atoms with Crippen LogP contribution in [0.5, 0.6) is 0 Å². The highest BCUT2D eigenvalue weighted by molar-refractivity contribution is 7.80. The standard InChI is InChI=1S/C19H20F2N4OS/c20-14-4-3-5-15(12-14)22-18(26)13-24-8-10-25(11-9-24)19(27)23-17-7-2-1-6-16(17)21/h1-7,12H,8-11,13H2,(H,22,26)(H,23,27)/p+1. The highest BCUT2D eigenvalue weighted by Gasteiger charge is 2.24. The van der Waals surface area contributed by atoms with Crippen molar-refractivity contribution in [1.82, 2.24) is 4.90 Å². The molecule has 0 aliphatic carbocycles. The van der Waals surface area contributed by atoms with Gasteiger partial charge < -0.3 is 20.4 Å². The molecule has 1 aliphatic rings. The molecule has 0 unspecified atom stereocenters. The summed E-state index contributed by atoms with van der Waals surface area (Å²) in [5.74, 6) is -0.890. The molecule has 3 N–H and O–H groups in total. The fourth-order valence-corrected chi connectivity index (χ4v) is 3.25. The van der Waals surface area contributed by atoms with Crippen molar-refractivity contribution in [2.24, 2.45) is 0 Å². The molecule has 0 atom stereocenters. The summed E-state index contributed by atoms with van der Waals surface area (Å²) in [5.41, 5.74) is 0.806.